The average molecular weight is 237 g/mol. The van der Waals surface area contributed by atoms with Crippen molar-refractivity contribution in [3.8, 4) is 5.75 Å². The van der Waals surface area contributed by atoms with Crippen LogP contribution in [0.5, 0.6) is 5.75 Å². The minimum Gasteiger partial charge on any atom is -0.507 e. The van der Waals surface area contributed by atoms with E-state index < -0.39 is 6.04 Å². The molecule has 0 aliphatic rings. The summed E-state index contributed by atoms with van der Waals surface area (Å²) in [6.07, 6.45) is 0. The number of halogens is 1. The topological polar surface area (TPSA) is 46.2 Å². The molecule has 0 aliphatic carbocycles. The van der Waals surface area contributed by atoms with Gasteiger partial charge in [0.05, 0.1) is 6.04 Å². The number of phenols is 1. The lowest BCUT2D eigenvalue weighted by Crippen LogP contribution is -2.11. The van der Waals surface area contributed by atoms with Crippen LogP contribution in [-0.4, -0.2) is 5.11 Å². The quantitative estimate of drug-likeness (QED) is 0.843. The number of rotatable bonds is 2. The van der Waals surface area contributed by atoms with Gasteiger partial charge in [0.25, 0.3) is 0 Å². The summed E-state index contributed by atoms with van der Waals surface area (Å²) in [4.78, 5) is 0.903. The molecule has 0 fully saturated rings. The van der Waals surface area contributed by atoms with E-state index in [4.69, 9.17) is 5.73 Å². The largest absolute Gasteiger partial charge is 0.507 e. The van der Waals surface area contributed by atoms with Crippen molar-refractivity contribution in [1.82, 2.24) is 0 Å². The Bertz CT molecular complexity index is 496. The third-order valence-corrected chi connectivity index (χ3v) is 3.43. The van der Waals surface area contributed by atoms with Crippen LogP contribution in [0.15, 0.2) is 29.6 Å². The first kappa shape index (κ1) is 11.1. The van der Waals surface area contributed by atoms with Crippen molar-refractivity contribution >= 4 is 11.3 Å². The maximum Gasteiger partial charge on any atom is 0.124 e. The highest BCUT2D eigenvalue weighted by molar-refractivity contribution is 7.10. The summed E-state index contributed by atoms with van der Waals surface area (Å²) in [5, 5.41) is 11.8. The second kappa shape index (κ2) is 4.23. The van der Waals surface area contributed by atoms with Crippen molar-refractivity contribution in [2.75, 3.05) is 0 Å². The molecule has 0 aliphatic heterocycles. The van der Waals surface area contributed by atoms with Gasteiger partial charge in [-0.2, -0.15) is 0 Å². The molecule has 1 heterocycles. The highest BCUT2D eigenvalue weighted by Gasteiger charge is 2.16. The zero-order chi connectivity index (χ0) is 11.7. The van der Waals surface area contributed by atoms with E-state index in [0.717, 1.165) is 4.88 Å². The molecule has 0 bridgehead atoms. The summed E-state index contributed by atoms with van der Waals surface area (Å²) >= 11 is 1.49. The van der Waals surface area contributed by atoms with Crippen LogP contribution in [0.2, 0.25) is 0 Å². The summed E-state index contributed by atoms with van der Waals surface area (Å²) < 4.78 is 13.2. The van der Waals surface area contributed by atoms with Crippen molar-refractivity contribution in [3.05, 3.63) is 51.5 Å². The fraction of sp³-hybridized carbons (Fsp3) is 0.167. The first-order valence-corrected chi connectivity index (χ1v) is 5.75. The van der Waals surface area contributed by atoms with Gasteiger partial charge in [-0.1, -0.05) is 6.07 Å². The van der Waals surface area contributed by atoms with Gasteiger partial charge in [0.2, 0.25) is 0 Å². The molecule has 16 heavy (non-hydrogen) atoms. The summed E-state index contributed by atoms with van der Waals surface area (Å²) in [6, 6.07) is 5.85. The van der Waals surface area contributed by atoms with E-state index in [1.54, 1.807) is 6.92 Å². The number of benzene rings is 1. The fourth-order valence-electron chi connectivity index (χ4n) is 1.62. The van der Waals surface area contributed by atoms with Crippen LogP contribution in [-0.2, 0) is 0 Å². The molecule has 1 atom stereocenters. The lowest BCUT2D eigenvalue weighted by Gasteiger charge is -2.13. The van der Waals surface area contributed by atoms with E-state index in [9.17, 15) is 9.50 Å². The smallest absolute Gasteiger partial charge is 0.124 e. The van der Waals surface area contributed by atoms with Crippen LogP contribution in [0, 0.1) is 12.7 Å². The number of aryl methyl sites for hydroxylation is 1. The minimum absolute atomic E-state index is 0.0716. The van der Waals surface area contributed by atoms with Crippen molar-refractivity contribution in [2.45, 2.75) is 13.0 Å². The minimum atomic E-state index is -0.477. The Morgan fingerprint density at radius 2 is 2.19 bits per heavy atom. The van der Waals surface area contributed by atoms with Gasteiger partial charge in [0, 0.05) is 10.4 Å². The number of aromatic hydroxyl groups is 1. The van der Waals surface area contributed by atoms with Crippen LogP contribution < -0.4 is 5.73 Å². The number of hydrogen-bond donors (Lipinski definition) is 2. The third-order valence-electron chi connectivity index (χ3n) is 2.48. The summed E-state index contributed by atoms with van der Waals surface area (Å²) in [5.41, 5.74) is 6.92. The van der Waals surface area contributed by atoms with Crippen molar-refractivity contribution in [2.24, 2.45) is 5.73 Å². The molecule has 2 aromatic rings. The van der Waals surface area contributed by atoms with Crippen molar-refractivity contribution in [3.63, 3.8) is 0 Å². The van der Waals surface area contributed by atoms with Crippen LogP contribution in [0.3, 0.4) is 0 Å². The molecule has 2 nitrogen and oxygen atoms in total. The SMILES string of the molecule is Cc1cc(F)cc([C@@H](N)c2cccs2)c1O. The normalized spacial score (nSPS) is 12.7. The number of nitrogens with two attached hydrogens (primary N) is 1. The molecule has 3 N–H and O–H groups in total. The summed E-state index contributed by atoms with van der Waals surface area (Å²) in [5.74, 6) is -0.306. The molecular formula is C12H12FNOS. The van der Waals surface area contributed by atoms with Gasteiger partial charge in [-0.25, -0.2) is 4.39 Å². The van der Waals surface area contributed by atoms with Crippen LogP contribution >= 0.6 is 11.3 Å². The third kappa shape index (κ3) is 1.94. The number of thiophene rings is 1. The molecule has 0 saturated carbocycles. The Balaban J connectivity index is 2.48. The first-order valence-electron chi connectivity index (χ1n) is 4.87. The average Bonchev–Trinajstić information content (AvgIpc) is 2.75. The summed E-state index contributed by atoms with van der Waals surface area (Å²) in [6.45, 7) is 1.66. The molecule has 0 radical (unpaired) electrons. The Labute approximate surface area is 97.2 Å². The van der Waals surface area contributed by atoms with E-state index in [-0.39, 0.29) is 11.6 Å². The van der Waals surface area contributed by atoms with Gasteiger partial charge in [-0.15, -0.1) is 11.3 Å². The molecule has 1 aromatic carbocycles. The maximum absolute atomic E-state index is 13.2. The zero-order valence-corrected chi connectivity index (χ0v) is 9.59. The van der Waals surface area contributed by atoms with E-state index in [1.165, 1.54) is 23.5 Å². The van der Waals surface area contributed by atoms with E-state index in [0.29, 0.717) is 11.1 Å². The number of phenolic OH excluding ortho intramolecular Hbond substituents is 1. The predicted molar refractivity (Wildman–Crippen MR) is 63.2 cm³/mol. The fourth-order valence-corrected chi connectivity index (χ4v) is 2.36. The molecule has 4 heteroatoms. The van der Waals surface area contributed by atoms with Crippen LogP contribution in [0.25, 0.3) is 0 Å². The van der Waals surface area contributed by atoms with E-state index in [2.05, 4.69) is 0 Å². The summed E-state index contributed by atoms with van der Waals surface area (Å²) in [7, 11) is 0. The van der Waals surface area contributed by atoms with Crippen molar-refractivity contribution < 1.29 is 9.50 Å². The number of hydrogen-bond acceptors (Lipinski definition) is 3. The Kier molecular flexibility index (Phi) is 2.94. The second-order valence-electron chi connectivity index (χ2n) is 3.65. The molecule has 0 saturated heterocycles. The Morgan fingerprint density at radius 3 is 2.81 bits per heavy atom. The highest BCUT2D eigenvalue weighted by atomic mass is 32.1. The molecule has 84 valence electrons. The zero-order valence-electron chi connectivity index (χ0n) is 8.77. The van der Waals surface area contributed by atoms with Gasteiger partial charge in [0.15, 0.2) is 0 Å². The predicted octanol–water partition coefficient (Wildman–Crippen LogP) is 2.95. The van der Waals surface area contributed by atoms with Crippen LogP contribution in [0.1, 0.15) is 22.0 Å². The van der Waals surface area contributed by atoms with Crippen LogP contribution in [0.4, 0.5) is 4.39 Å². The van der Waals surface area contributed by atoms with Crippen molar-refractivity contribution in [1.29, 1.82) is 0 Å². The molecule has 2 rings (SSSR count). The first-order chi connectivity index (χ1) is 7.59. The Morgan fingerprint density at radius 1 is 1.44 bits per heavy atom. The van der Waals surface area contributed by atoms with E-state index in [1.807, 2.05) is 17.5 Å². The van der Waals surface area contributed by atoms with Gasteiger partial charge in [-0.05, 0) is 36.1 Å². The van der Waals surface area contributed by atoms with Gasteiger partial charge in [0.1, 0.15) is 11.6 Å². The second-order valence-corrected chi connectivity index (χ2v) is 4.63. The van der Waals surface area contributed by atoms with Gasteiger partial charge < -0.3 is 10.8 Å². The molecule has 0 spiro atoms. The lowest BCUT2D eigenvalue weighted by atomic mass is 10.0. The molecule has 0 amide bonds. The monoisotopic (exact) mass is 237 g/mol. The maximum atomic E-state index is 13.2. The molecular weight excluding hydrogens is 225 g/mol. The standard InChI is InChI=1S/C12H12FNOS/c1-7-5-8(13)6-9(12(7)15)11(14)10-3-2-4-16-10/h2-6,11,15H,14H2,1H3/t11-/m1/s1. The van der Waals surface area contributed by atoms with Gasteiger partial charge >= 0.3 is 0 Å². The molecule has 1 aromatic heterocycles. The van der Waals surface area contributed by atoms with E-state index >= 15 is 0 Å². The highest BCUT2D eigenvalue weighted by Crippen LogP contribution is 2.32. The molecule has 0 unspecified atom stereocenters. The van der Waals surface area contributed by atoms with Gasteiger partial charge in [-0.3, -0.25) is 0 Å². The lowest BCUT2D eigenvalue weighted by molar-refractivity contribution is 0.458. The Hall–Kier alpha value is -1.39.